The van der Waals surface area contributed by atoms with Crippen molar-refractivity contribution in [2.75, 3.05) is 0 Å². The van der Waals surface area contributed by atoms with Crippen LogP contribution in [0.15, 0.2) is 11.0 Å². The molecule has 2 heterocycles. The van der Waals surface area contributed by atoms with Crippen LogP contribution in [0.3, 0.4) is 0 Å². The van der Waals surface area contributed by atoms with E-state index in [-0.39, 0.29) is 18.2 Å². The number of aliphatic carboxylic acids is 1. The predicted octanol–water partition coefficient (Wildman–Crippen LogP) is 1.86. The number of aryl methyl sites for hydroxylation is 2. The number of hydrogen-bond acceptors (Lipinski definition) is 5. The van der Waals surface area contributed by atoms with Crippen LogP contribution in [0.1, 0.15) is 39.8 Å². The Hall–Kier alpha value is -2.02. The Morgan fingerprint density at radius 3 is 2.62 bits per heavy atom. The molecular formula is C14H17N3O3S. The second-order valence-corrected chi connectivity index (χ2v) is 6.24. The molecule has 2 rings (SSSR count). The van der Waals surface area contributed by atoms with Crippen molar-refractivity contribution in [3.8, 4) is 0 Å². The van der Waals surface area contributed by atoms with Crippen LogP contribution in [0.25, 0.3) is 0 Å². The first-order valence-corrected chi connectivity index (χ1v) is 7.35. The van der Waals surface area contributed by atoms with E-state index in [4.69, 9.17) is 5.11 Å². The topological polar surface area (TPSA) is 85.1 Å². The summed E-state index contributed by atoms with van der Waals surface area (Å²) in [6, 6.07) is -0.267. The molecule has 0 saturated heterocycles. The molecule has 0 saturated carbocycles. The number of nitrogens with zero attached hydrogens (tertiary/aromatic N) is 3. The standard InChI is InChI=1S/C14H17N3O3S/c1-7-6-15-13(21-7)10(4)17-9(3)11(5-12(18)19)8(2)16-14(17)20/h6,10H,5H2,1-4H3,(H,18,19). The second kappa shape index (κ2) is 5.77. The fraction of sp³-hybridized carbons (Fsp3) is 0.429. The summed E-state index contributed by atoms with van der Waals surface area (Å²) in [5.41, 5.74) is 1.32. The molecule has 21 heavy (non-hydrogen) atoms. The molecule has 0 spiro atoms. The van der Waals surface area contributed by atoms with Crippen molar-refractivity contribution in [1.82, 2.24) is 14.5 Å². The van der Waals surface area contributed by atoms with Gasteiger partial charge in [0.1, 0.15) is 5.01 Å². The summed E-state index contributed by atoms with van der Waals surface area (Å²) in [7, 11) is 0. The molecule has 0 bridgehead atoms. The third-order valence-electron chi connectivity index (χ3n) is 3.42. The Morgan fingerprint density at radius 2 is 2.10 bits per heavy atom. The lowest BCUT2D eigenvalue weighted by molar-refractivity contribution is -0.136. The highest BCUT2D eigenvalue weighted by molar-refractivity contribution is 7.11. The van der Waals surface area contributed by atoms with Gasteiger partial charge < -0.3 is 5.11 Å². The monoisotopic (exact) mass is 307 g/mol. The second-order valence-electron chi connectivity index (χ2n) is 4.97. The average molecular weight is 307 g/mol. The van der Waals surface area contributed by atoms with Crippen LogP contribution in [-0.2, 0) is 11.2 Å². The zero-order chi connectivity index (χ0) is 15.7. The number of aromatic nitrogens is 3. The van der Waals surface area contributed by atoms with Crippen LogP contribution >= 0.6 is 11.3 Å². The van der Waals surface area contributed by atoms with E-state index >= 15 is 0 Å². The molecule has 1 N–H and O–H groups in total. The van der Waals surface area contributed by atoms with Crippen molar-refractivity contribution in [3.63, 3.8) is 0 Å². The van der Waals surface area contributed by atoms with Crippen LogP contribution in [0.4, 0.5) is 0 Å². The van der Waals surface area contributed by atoms with Crippen LogP contribution < -0.4 is 5.69 Å². The van der Waals surface area contributed by atoms with Gasteiger partial charge in [0.05, 0.1) is 12.5 Å². The first kappa shape index (κ1) is 15.4. The number of thiazole rings is 1. The molecular weight excluding hydrogens is 290 g/mol. The SMILES string of the molecule is Cc1cnc(C(C)n2c(C)c(CC(=O)O)c(C)nc2=O)s1. The van der Waals surface area contributed by atoms with Gasteiger partial charge in [-0.3, -0.25) is 9.36 Å². The van der Waals surface area contributed by atoms with Gasteiger partial charge >= 0.3 is 11.7 Å². The molecule has 2 aromatic rings. The summed E-state index contributed by atoms with van der Waals surface area (Å²) in [4.78, 5) is 32.5. The van der Waals surface area contributed by atoms with Gasteiger partial charge in [0, 0.05) is 28.0 Å². The molecule has 0 aliphatic heterocycles. The fourth-order valence-electron chi connectivity index (χ4n) is 2.35. The van der Waals surface area contributed by atoms with Gasteiger partial charge in [-0.1, -0.05) is 0 Å². The largest absolute Gasteiger partial charge is 0.481 e. The maximum Gasteiger partial charge on any atom is 0.348 e. The minimum atomic E-state index is -0.939. The normalized spacial score (nSPS) is 12.4. The van der Waals surface area contributed by atoms with Gasteiger partial charge in [0.15, 0.2) is 0 Å². The van der Waals surface area contributed by atoms with E-state index in [0.29, 0.717) is 17.0 Å². The molecule has 0 aromatic carbocycles. The Labute approximate surface area is 126 Å². The molecule has 112 valence electrons. The minimum absolute atomic E-state index is 0.144. The van der Waals surface area contributed by atoms with Crippen molar-refractivity contribution in [2.45, 2.75) is 40.2 Å². The third-order valence-corrected chi connectivity index (χ3v) is 4.50. The number of rotatable bonds is 4. The molecule has 7 heteroatoms. The number of carbonyl (C=O) groups is 1. The van der Waals surface area contributed by atoms with E-state index in [1.807, 2.05) is 13.8 Å². The summed E-state index contributed by atoms with van der Waals surface area (Å²) >= 11 is 1.52. The lowest BCUT2D eigenvalue weighted by Gasteiger charge is -2.18. The Bertz CT molecular complexity index is 748. The fourth-order valence-corrected chi connectivity index (χ4v) is 3.17. The first-order chi connectivity index (χ1) is 9.81. The van der Waals surface area contributed by atoms with Crippen molar-refractivity contribution in [3.05, 3.63) is 43.5 Å². The van der Waals surface area contributed by atoms with Crippen molar-refractivity contribution in [2.24, 2.45) is 0 Å². The zero-order valence-corrected chi connectivity index (χ0v) is 13.2. The van der Waals surface area contributed by atoms with Crippen molar-refractivity contribution >= 4 is 17.3 Å². The van der Waals surface area contributed by atoms with Crippen LogP contribution in [-0.4, -0.2) is 25.6 Å². The van der Waals surface area contributed by atoms with Gasteiger partial charge in [0.25, 0.3) is 0 Å². The van der Waals surface area contributed by atoms with Crippen LogP contribution in [0.2, 0.25) is 0 Å². The summed E-state index contributed by atoms with van der Waals surface area (Å²) in [6.45, 7) is 7.24. The van der Waals surface area contributed by atoms with Gasteiger partial charge in [-0.2, -0.15) is 4.98 Å². The first-order valence-electron chi connectivity index (χ1n) is 6.54. The highest BCUT2D eigenvalue weighted by atomic mass is 32.1. The van der Waals surface area contributed by atoms with Crippen molar-refractivity contribution < 1.29 is 9.90 Å². The van der Waals surface area contributed by atoms with Crippen LogP contribution in [0.5, 0.6) is 0 Å². The summed E-state index contributed by atoms with van der Waals surface area (Å²) in [5.74, 6) is -0.939. The molecule has 0 aliphatic carbocycles. The van der Waals surface area contributed by atoms with Gasteiger partial charge in [-0.25, -0.2) is 9.78 Å². The molecule has 1 atom stereocenters. The van der Waals surface area contributed by atoms with Gasteiger partial charge in [-0.15, -0.1) is 11.3 Å². The van der Waals surface area contributed by atoms with Gasteiger partial charge in [0.2, 0.25) is 0 Å². The smallest absolute Gasteiger partial charge is 0.348 e. The number of hydrogen-bond donors (Lipinski definition) is 1. The quantitative estimate of drug-likeness (QED) is 0.932. The minimum Gasteiger partial charge on any atom is -0.481 e. The predicted molar refractivity (Wildman–Crippen MR) is 80.0 cm³/mol. The van der Waals surface area contributed by atoms with E-state index in [1.165, 1.54) is 15.9 Å². The lowest BCUT2D eigenvalue weighted by Crippen LogP contribution is -2.31. The van der Waals surface area contributed by atoms with E-state index < -0.39 is 5.97 Å². The Balaban J connectivity index is 2.58. The third kappa shape index (κ3) is 3.02. The molecule has 0 fully saturated rings. The number of carboxylic acids is 1. The average Bonchev–Trinajstić information content (AvgIpc) is 2.80. The summed E-state index contributed by atoms with van der Waals surface area (Å²) in [6.07, 6.45) is 1.62. The Morgan fingerprint density at radius 1 is 1.43 bits per heavy atom. The van der Waals surface area contributed by atoms with Crippen molar-refractivity contribution in [1.29, 1.82) is 0 Å². The molecule has 0 amide bonds. The molecule has 2 aromatic heterocycles. The maximum atomic E-state index is 12.2. The van der Waals surface area contributed by atoms with Crippen LogP contribution in [0, 0.1) is 20.8 Å². The Kier molecular flexibility index (Phi) is 4.22. The molecule has 1 unspecified atom stereocenters. The highest BCUT2D eigenvalue weighted by Crippen LogP contribution is 2.24. The van der Waals surface area contributed by atoms with E-state index in [2.05, 4.69) is 9.97 Å². The maximum absolute atomic E-state index is 12.2. The number of carboxylic acid groups (broad SMARTS) is 1. The summed E-state index contributed by atoms with van der Waals surface area (Å²) < 4.78 is 1.52. The van der Waals surface area contributed by atoms with E-state index in [1.54, 1.807) is 20.0 Å². The van der Waals surface area contributed by atoms with Gasteiger partial charge in [-0.05, 0) is 27.7 Å². The molecule has 0 radical (unpaired) electrons. The summed E-state index contributed by atoms with van der Waals surface area (Å²) in [5, 5.41) is 9.82. The lowest BCUT2D eigenvalue weighted by atomic mass is 10.1. The molecule has 0 aliphatic rings. The highest BCUT2D eigenvalue weighted by Gasteiger charge is 2.20. The molecule has 6 nitrogen and oxygen atoms in total. The van der Waals surface area contributed by atoms with E-state index in [0.717, 1.165) is 9.88 Å². The van der Waals surface area contributed by atoms with E-state index in [9.17, 15) is 9.59 Å². The zero-order valence-electron chi connectivity index (χ0n) is 12.4.